The van der Waals surface area contributed by atoms with Gasteiger partial charge >= 0.3 is 12.1 Å². The molecule has 1 saturated carbocycles. The second kappa shape index (κ2) is 10.0. The molecule has 2 aromatic rings. The lowest BCUT2D eigenvalue weighted by atomic mass is 9.75. The fourth-order valence-corrected chi connectivity index (χ4v) is 4.62. The second-order valence-electron chi connectivity index (χ2n) is 8.59. The third kappa shape index (κ3) is 4.85. The Bertz CT molecular complexity index is 990. The summed E-state index contributed by atoms with van der Waals surface area (Å²) in [6.07, 6.45) is 2.04. The number of carbonyl (C=O) groups is 3. The van der Waals surface area contributed by atoms with E-state index in [-0.39, 0.29) is 25.0 Å². The number of alkyl carbamates (subject to hydrolysis) is 1. The van der Waals surface area contributed by atoms with Crippen LogP contribution in [0.1, 0.15) is 36.3 Å². The monoisotopic (exact) mass is 452 g/mol. The lowest BCUT2D eigenvalue weighted by Gasteiger charge is -2.33. The molecule has 2 atom stereocenters. The zero-order valence-corrected chi connectivity index (χ0v) is 18.2. The Morgan fingerprint density at radius 1 is 1.00 bits per heavy atom. The first-order valence-corrected chi connectivity index (χ1v) is 11.2. The molecule has 1 unspecified atom stereocenters. The molecule has 0 radical (unpaired) electrons. The highest BCUT2D eigenvalue weighted by Crippen LogP contribution is 2.44. The molecule has 0 aromatic heterocycles. The number of carbonyl (C=O) groups excluding carboxylic acids is 2. The number of aliphatic carboxylic acids is 1. The Balaban J connectivity index is 1.35. The van der Waals surface area contributed by atoms with Gasteiger partial charge in [0.1, 0.15) is 12.6 Å². The van der Waals surface area contributed by atoms with Crippen LogP contribution in [0, 0.1) is 11.8 Å². The molecule has 2 aliphatic rings. The van der Waals surface area contributed by atoms with E-state index in [2.05, 4.69) is 22.8 Å². The molecular formula is C25H28N2O6. The largest absolute Gasteiger partial charge is 0.480 e. The number of aliphatic hydroxyl groups excluding tert-OH is 1. The lowest BCUT2D eigenvalue weighted by molar-refractivity contribution is -0.144. The van der Waals surface area contributed by atoms with E-state index in [1.807, 2.05) is 36.4 Å². The van der Waals surface area contributed by atoms with Crippen molar-refractivity contribution in [2.75, 3.05) is 19.8 Å². The Morgan fingerprint density at radius 2 is 1.61 bits per heavy atom. The number of hydrogen-bond acceptors (Lipinski definition) is 5. The number of benzene rings is 2. The van der Waals surface area contributed by atoms with Crippen LogP contribution in [0.15, 0.2) is 48.5 Å². The van der Waals surface area contributed by atoms with Crippen molar-refractivity contribution in [2.45, 2.75) is 31.2 Å². The molecular weight excluding hydrogens is 424 g/mol. The number of carboxylic acid groups (broad SMARTS) is 1. The summed E-state index contributed by atoms with van der Waals surface area (Å²) in [4.78, 5) is 36.2. The van der Waals surface area contributed by atoms with Gasteiger partial charge in [0.2, 0.25) is 5.91 Å². The number of aliphatic hydroxyl groups is 1. The van der Waals surface area contributed by atoms with Crippen molar-refractivity contribution in [3.05, 3.63) is 59.7 Å². The number of fused-ring (bicyclic) bond motifs is 3. The summed E-state index contributed by atoms with van der Waals surface area (Å²) >= 11 is 0. The van der Waals surface area contributed by atoms with Gasteiger partial charge in [-0.1, -0.05) is 55.0 Å². The molecule has 1 fully saturated rings. The van der Waals surface area contributed by atoms with Crippen molar-refractivity contribution in [3.63, 3.8) is 0 Å². The van der Waals surface area contributed by atoms with Crippen LogP contribution in [-0.4, -0.2) is 54.0 Å². The normalized spacial score (nSPS) is 16.6. The highest BCUT2D eigenvalue weighted by Gasteiger charge is 2.35. The summed E-state index contributed by atoms with van der Waals surface area (Å²) in [5.41, 5.74) is 4.50. The number of rotatable bonds is 9. The lowest BCUT2D eigenvalue weighted by Crippen LogP contribution is -2.50. The quantitative estimate of drug-likeness (QED) is 0.463. The molecule has 4 rings (SSSR count). The molecule has 0 spiro atoms. The van der Waals surface area contributed by atoms with Crippen LogP contribution in [0.4, 0.5) is 4.79 Å². The number of carboxylic acids is 1. The molecule has 33 heavy (non-hydrogen) atoms. The van der Waals surface area contributed by atoms with Gasteiger partial charge in [-0.3, -0.25) is 4.79 Å². The van der Waals surface area contributed by atoms with E-state index in [1.165, 1.54) is 0 Å². The SMILES string of the molecule is O=C(NCC(C(=O)N[C@H](CO)C(=O)O)C1CCC1)OCC1c2ccccc2-c2ccccc21. The molecule has 8 nitrogen and oxygen atoms in total. The van der Waals surface area contributed by atoms with Gasteiger partial charge in [-0.05, 0) is 41.0 Å². The highest BCUT2D eigenvalue weighted by atomic mass is 16.5. The van der Waals surface area contributed by atoms with E-state index in [0.717, 1.165) is 41.5 Å². The van der Waals surface area contributed by atoms with E-state index in [9.17, 15) is 19.5 Å². The first-order valence-electron chi connectivity index (χ1n) is 11.2. The van der Waals surface area contributed by atoms with Crippen molar-refractivity contribution in [3.8, 4) is 11.1 Å². The molecule has 174 valence electrons. The first-order chi connectivity index (χ1) is 16.0. The predicted octanol–water partition coefficient (Wildman–Crippen LogP) is 2.50. The fourth-order valence-electron chi connectivity index (χ4n) is 4.62. The van der Waals surface area contributed by atoms with Gasteiger partial charge in [0, 0.05) is 12.5 Å². The van der Waals surface area contributed by atoms with Crippen molar-refractivity contribution >= 4 is 18.0 Å². The average molecular weight is 453 g/mol. The van der Waals surface area contributed by atoms with Gasteiger partial charge in [0.05, 0.1) is 12.5 Å². The van der Waals surface area contributed by atoms with Crippen LogP contribution in [0.2, 0.25) is 0 Å². The van der Waals surface area contributed by atoms with Crippen molar-refractivity contribution in [1.82, 2.24) is 10.6 Å². The van der Waals surface area contributed by atoms with Crippen LogP contribution in [0.25, 0.3) is 11.1 Å². The first kappa shape index (κ1) is 22.8. The maximum atomic E-state index is 12.6. The van der Waals surface area contributed by atoms with Gasteiger partial charge in [0.15, 0.2) is 0 Å². The highest BCUT2D eigenvalue weighted by molar-refractivity contribution is 5.86. The summed E-state index contributed by atoms with van der Waals surface area (Å²) in [7, 11) is 0. The van der Waals surface area contributed by atoms with Crippen molar-refractivity contribution in [2.24, 2.45) is 11.8 Å². The third-order valence-corrected chi connectivity index (χ3v) is 6.66. The molecule has 2 amide bonds. The summed E-state index contributed by atoms with van der Waals surface area (Å²) in [6.45, 7) is -0.477. The smallest absolute Gasteiger partial charge is 0.407 e. The van der Waals surface area contributed by atoms with Crippen molar-refractivity contribution in [1.29, 1.82) is 0 Å². The average Bonchev–Trinajstić information content (AvgIpc) is 3.10. The summed E-state index contributed by atoms with van der Waals surface area (Å²) in [5, 5.41) is 23.3. The van der Waals surface area contributed by atoms with Crippen LogP contribution < -0.4 is 10.6 Å². The molecule has 0 heterocycles. The molecule has 2 aliphatic carbocycles. The van der Waals surface area contributed by atoms with E-state index >= 15 is 0 Å². The Kier molecular flexibility index (Phi) is 6.93. The molecule has 0 bridgehead atoms. The molecule has 2 aromatic carbocycles. The number of ether oxygens (including phenoxy) is 1. The predicted molar refractivity (Wildman–Crippen MR) is 121 cm³/mol. The second-order valence-corrected chi connectivity index (χ2v) is 8.59. The van der Waals surface area contributed by atoms with E-state index < -0.39 is 36.5 Å². The van der Waals surface area contributed by atoms with Gasteiger partial charge in [0.25, 0.3) is 0 Å². The molecule has 4 N–H and O–H groups in total. The zero-order valence-electron chi connectivity index (χ0n) is 18.2. The van der Waals surface area contributed by atoms with Crippen LogP contribution in [0.3, 0.4) is 0 Å². The minimum Gasteiger partial charge on any atom is -0.480 e. The van der Waals surface area contributed by atoms with E-state index in [4.69, 9.17) is 9.84 Å². The van der Waals surface area contributed by atoms with Gasteiger partial charge in [-0.15, -0.1) is 0 Å². The maximum Gasteiger partial charge on any atom is 0.407 e. The summed E-state index contributed by atoms with van der Waals surface area (Å²) < 4.78 is 5.53. The fraction of sp³-hybridized carbons (Fsp3) is 0.400. The number of amides is 2. The van der Waals surface area contributed by atoms with Gasteiger partial charge in [-0.2, -0.15) is 0 Å². The summed E-state index contributed by atoms with van der Waals surface area (Å²) in [6, 6.07) is 14.8. The standard InChI is InChI=1S/C25H28N2O6/c28-13-22(24(30)31)27-23(29)20(15-6-5-7-15)12-26-25(32)33-14-21-18-10-3-1-8-16(18)17-9-2-4-11-19(17)21/h1-4,8-11,15,20-22,28H,5-7,12-14H2,(H,26,32)(H,27,29)(H,30,31)/t20?,22-/m1/s1. The molecule has 0 aliphatic heterocycles. The van der Waals surface area contributed by atoms with Crippen LogP contribution in [0.5, 0.6) is 0 Å². The maximum absolute atomic E-state index is 12.6. The van der Waals surface area contributed by atoms with Crippen molar-refractivity contribution < 1.29 is 29.3 Å². The Labute approximate surface area is 192 Å². The van der Waals surface area contributed by atoms with Gasteiger partial charge in [-0.25, -0.2) is 9.59 Å². The van der Waals surface area contributed by atoms with Crippen LogP contribution in [-0.2, 0) is 14.3 Å². The summed E-state index contributed by atoms with van der Waals surface area (Å²) in [5.74, 6) is -2.36. The molecule has 0 saturated heterocycles. The topological polar surface area (TPSA) is 125 Å². The van der Waals surface area contributed by atoms with Crippen LogP contribution >= 0.6 is 0 Å². The minimum absolute atomic E-state index is 0.0466. The zero-order chi connectivity index (χ0) is 23.4. The number of nitrogens with one attached hydrogen (secondary N) is 2. The van der Waals surface area contributed by atoms with E-state index in [1.54, 1.807) is 0 Å². The Hall–Kier alpha value is -3.39. The third-order valence-electron chi connectivity index (χ3n) is 6.66. The number of hydrogen-bond donors (Lipinski definition) is 4. The Morgan fingerprint density at radius 3 is 2.12 bits per heavy atom. The molecule has 8 heteroatoms. The van der Waals surface area contributed by atoms with E-state index in [0.29, 0.717) is 0 Å². The minimum atomic E-state index is -1.37. The van der Waals surface area contributed by atoms with Gasteiger partial charge < -0.3 is 25.6 Å².